The molecule has 0 saturated carbocycles. The molecule has 2 aliphatic rings. The number of ether oxygens (including phenoxy) is 2. The van der Waals surface area contributed by atoms with Crippen molar-refractivity contribution < 1.29 is 9.47 Å². The molecule has 3 rings (SSSR count). The second-order valence-corrected chi connectivity index (χ2v) is 4.31. The first-order valence-corrected chi connectivity index (χ1v) is 5.43. The van der Waals surface area contributed by atoms with E-state index in [-0.39, 0.29) is 5.79 Å². The number of anilines is 1. The molecule has 3 nitrogen and oxygen atoms in total. The molecule has 0 bridgehead atoms. The van der Waals surface area contributed by atoms with Crippen LogP contribution < -0.4 is 5.73 Å². The highest BCUT2D eigenvalue weighted by Crippen LogP contribution is 2.35. The van der Waals surface area contributed by atoms with Gasteiger partial charge < -0.3 is 15.2 Å². The van der Waals surface area contributed by atoms with Crippen molar-refractivity contribution in [2.24, 2.45) is 0 Å². The van der Waals surface area contributed by atoms with E-state index in [1.165, 1.54) is 11.1 Å². The third-order valence-electron chi connectivity index (χ3n) is 3.28. The SMILES string of the molecule is Nc1ccc2c(c1)CCC1(C2)OCCO1. The molecule has 1 heterocycles. The summed E-state index contributed by atoms with van der Waals surface area (Å²) in [6, 6.07) is 6.11. The summed E-state index contributed by atoms with van der Waals surface area (Å²) >= 11 is 0. The van der Waals surface area contributed by atoms with Crippen LogP contribution in [-0.4, -0.2) is 19.0 Å². The number of rotatable bonds is 0. The summed E-state index contributed by atoms with van der Waals surface area (Å²) in [6.07, 6.45) is 2.81. The fourth-order valence-corrected chi connectivity index (χ4v) is 2.50. The number of benzene rings is 1. The Labute approximate surface area is 89.2 Å². The van der Waals surface area contributed by atoms with Gasteiger partial charge in [0.1, 0.15) is 0 Å². The smallest absolute Gasteiger partial charge is 0.172 e. The molecule has 1 spiro atoms. The Morgan fingerprint density at radius 3 is 2.73 bits per heavy atom. The lowest BCUT2D eigenvalue weighted by molar-refractivity contribution is -0.163. The van der Waals surface area contributed by atoms with Crippen LogP contribution in [-0.2, 0) is 22.3 Å². The normalized spacial score (nSPS) is 22.9. The first-order valence-electron chi connectivity index (χ1n) is 5.43. The number of hydrogen-bond acceptors (Lipinski definition) is 3. The molecule has 1 aromatic carbocycles. The standard InChI is InChI=1S/C12H15NO2/c13-11-2-1-10-8-12(14-5-6-15-12)4-3-9(10)7-11/h1-2,7H,3-6,8,13H2. The molecule has 0 radical (unpaired) electrons. The summed E-state index contributed by atoms with van der Waals surface area (Å²) in [5, 5.41) is 0. The second-order valence-electron chi connectivity index (χ2n) is 4.31. The van der Waals surface area contributed by atoms with Crippen LogP contribution in [0.4, 0.5) is 5.69 Å². The average Bonchev–Trinajstić information content (AvgIpc) is 2.67. The second kappa shape index (κ2) is 3.22. The first kappa shape index (κ1) is 9.19. The van der Waals surface area contributed by atoms with Crippen molar-refractivity contribution in [3.8, 4) is 0 Å². The minimum Gasteiger partial charge on any atom is -0.399 e. The number of aryl methyl sites for hydroxylation is 1. The predicted octanol–water partition coefficient (Wildman–Crippen LogP) is 1.50. The highest BCUT2D eigenvalue weighted by molar-refractivity contribution is 5.46. The highest BCUT2D eigenvalue weighted by atomic mass is 16.7. The Hall–Kier alpha value is -1.06. The van der Waals surface area contributed by atoms with Crippen molar-refractivity contribution in [1.82, 2.24) is 0 Å². The lowest BCUT2D eigenvalue weighted by Gasteiger charge is -2.32. The van der Waals surface area contributed by atoms with E-state index in [0.29, 0.717) is 0 Å². The molecule has 1 aromatic rings. The molecule has 15 heavy (non-hydrogen) atoms. The van der Waals surface area contributed by atoms with Crippen LogP contribution in [0, 0.1) is 0 Å². The van der Waals surface area contributed by atoms with Crippen molar-refractivity contribution in [1.29, 1.82) is 0 Å². The zero-order valence-corrected chi connectivity index (χ0v) is 8.66. The van der Waals surface area contributed by atoms with Gasteiger partial charge in [0, 0.05) is 18.5 Å². The molecule has 2 N–H and O–H groups in total. The molecule has 1 aliphatic carbocycles. The van der Waals surface area contributed by atoms with Crippen LogP contribution >= 0.6 is 0 Å². The maximum Gasteiger partial charge on any atom is 0.172 e. The van der Waals surface area contributed by atoms with Crippen molar-refractivity contribution in [3.05, 3.63) is 29.3 Å². The van der Waals surface area contributed by atoms with Crippen molar-refractivity contribution in [3.63, 3.8) is 0 Å². The number of nitrogen functional groups attached to an aromatic ring is 1. The molecule has 3 heteroatoms. The minimum atomic E-state index is -0.330. The van der Waals surface area contributed by atoms with E-state index < -0.39 is 0 Å². The van der Waals surface area contributed by atoms with Gasteiger partial charge >= 0.3 is 0 Å². The molecule has 0 atom stereocenters. The number of hydrogen-bond donors (Lipinski definition) is 1. The van der Waals surface area contributed by atoms with Crippen molar-refractivity contribution in [2.45, 2.75) is 25.0 Å². The number of fused-ring (bicyclic) bond motifs is 1. The zero-order valence-electron chi connectivity index (χ0n) is 8.66. The van der Waals surface area contributed by atoms with Gasteiger partial charge in [-0.2, -0.15) is 0 Å². The fraction of sp³-hybridized carbons (Fsp3) is 0.500. The third-order valence-corrected chi connectivity index (χ3v) is 3.28. The Bertz CT molecular complexity index is 383. The number of nitrogens with two attached hydrogens (primary N) is 1. The van der Waals surface area contributed by atoms with E-state index in [4.69, 9.17) is 15.2 Å². The molecular formula is C12H15NO2. The van der Waals surface area contributed by atoms with E-state index in [9.17, 15) is 0 Å². The Morgan fingerprint density at radius 1 is 1.13 bits per heavy atom. The zero-order chi connectivity index (χ0) is 10.3. The quantitative estimate of drug-likeness (QED) is 0.653. The van der Waals surface area contributed by atoms with E-state index in [0.717, 1.165) is 38.2 Å². The largest absolute Gasteiger partial charge is 0.399 e. The van der Waals surface area contributed by atoms with E-state index in [1.54, 1.807) is 0 Å². The summed E-state index contributed by atoms with van der Waals surface area (Å²) in [7, 11) is 0. The van der Waals surface area contributed by atoms with Gasteiger partial charge in [-0.3, -0.25) is 0 Å². The monoisotopic (exact) mass is 205 g/mol. The molecule has 1 aliphatic heterocycles. The van der Waals surface area contributed by atoms with Crippen LogP contribution in [0.25, 0.3) is 0 Å². The van der Waals surface area contributed by atoms with E-state index >= 15 is 0 Å². The summed E-state index contributed by atoms with van der Waals surface area (Å²) in [5.74, 6) is -0.330. The van der Waals surface area contributed by atoms with Gasteiger partial charge in [-0.15, -0.1) is 0 Å². The average molecular weight is 205 g/mol. The Kier molecular flexibility index (Phi) is 1.97. The van der Waals surface area contributed by atoms with E-state index in [1.807, 2.05) is 6.07 Å². The summed E-state index contributed by atoms with van der Waals surface area (Å²) in [5.41, 5.74) is 9.27. The maximum atomic E-state index is 5.76. The molecule has 0 unspecified atom stereocenters. The molecule has 1 fully saturated rings. The van der Waals surface area contributed by atoms with Gasteiger partial charge in [0.05, 0.1) is 13.2 Å². The van der Waals surface area contributed by atoms with Gasteiger partial charge in [0.2, 0.25) is 0 Å². The Morgan fingerprint density at radius 2 is 1.93 bits per heavy atom. The molecule has 1 saturated heterocycles. The molecule has 0 amide bonds. The minimum absolute atomic E-state index is 0.330. The fourth-order valence-electron chi connectivity index (χ4n) is 2.50. The van der Waals surface area contributed by atoms with Gasteiger partial charge in [0.25, 0.3) is 0 Å². The first-order chi connectivity index (χ1) is 7.27. The topological polar surface area (TPSA) is 44.5 Å². The molecule has 80 valence electrons. The van der Waals surface area contributed by atoms with E-state index in [2.05, 4.69) is 12.1 Å². The maximum absolute atomic E-state index is 5.76. The van der Waals surface area contributed by atoms with Gasteiger partial charge in [-0.1, -0.05) is 6.07 Å². The van der Waals surface area contributed by atoms with Crippen molar-refractivity contribution >= 4 is 5.69 Å². The lowest BCUT2D eigenvalue weighted by atomic mass is 9.87. The van der Waals surface area contributed by atoms with Crippen LogP contribution in [0.15, 0.2) is 18.2 Å². The van der Waals surface area contributed by atoms with Crippen LogP contribution in [0.1, 0.15) is 17.5 Å². The summed E-state index contributed by atoms with van der Waals surface area (Å²) in [4.78, 5) is 0. The Balaban J connectivity index is 1.93. The summed E-state index contributed by atoms with van der Waals surface area (Å²) < 4.78 is 11.4. The van der Waals surface area contributed by atoms with Gasteiger partial charge in [-0.25, -0.2) is 0 Å². The van der Waals surface area contributed by atoms with Crippen LogP contribution in [0.3, 0.4) is 0 Å². The lowest BCUT2D eigenvalue weighted by Crippen LogP contribution is -2.36. The molecule has 0 aromatic heterocycles. The van der Waals surface area contributed by atoms with Crippen LogP contribution in [0.2, 0.25) is 0 Å². The predicted molar refractivity (Wildman–Crippen MR) is 57.5 cm³/mol. The van der Waals surface area contributed by atoms with Crippen molar-refractivity contribution in [2.75, 3.05) is 18.9 Å². The third kappa shape index (κ3) is 1.52. The summed E-state index contributed by atoms with van der Waals surface area (Å²) in [6.45, 7) is 1.45. The highest BCUT2D eigenvalue weighted by Gasteiger charge is 2.39. The van der Waals surface area contributed by atoms with Gasteiger partial charge in [-0.05, 0) is 29.7 Å². The van der Waals surface area contributed by atoms with Crippen LogP contribution in [0.5, 0.6) is 0 Å². The molecular weight excluding hydrogens is 190 g/mol. The van der Waals surface area contributed by atoms with Gasteiger partial charge in [0.15, 0.2) is 5.79 Å².